The molecular formula is C23H28N3S+. The monoisotopic (exact) mass is 378 g/mol. The summed E-state index contributed by atoms with van der Waals surface area (Å²) in [5.41, 5.74) is 5.14. The molecule has 3 heterocycles. The summed E-state index contributed by atoms with van der Waals surface area (Å²) in [6, 6.07) is 11.6. The first-order valence-electron chi connectivity index (χ1n) is 10.5. The predicted octanol–water partition coefficient (Wildman–Crippen LogP) is 4.52. The smallest absolute Gasteiger partial charge is 0.204 e. The molecule has 1 aromatic rings. The first-order valence-corrected chi connectivity index (χ1v) is 11.3. The van der Waals surface area contributed by atoms with Gasteiger partial charge < -0.3 is 4.90 Å². The lowest BCUT2D eigenvalue weighted by atomic mass is 10.0. The van der Waals surface area contributed by atoms with Crippen LogP contribution >= 0.6 is 11.3 Å². The maximum Gasteiger partial charge on any atom is 0.204 e. The molecule has 5 rings (SSSR count). The summed E-state index contributed by atoms with van der Waals surface area (Å²) >= 11 is 1.90. The summed E-state index contributed by atoms with van der Waals surface area (Å²) in [5, 5.41) is 1.46. The highest BCUT2D eigenvalue weighted by molar-refractivity contribution is 7.21. The number of hydrogen-bond donors (Lipinski definition) is 0. The van der Waals surface area contributed by atoms with Gasteiger partial charge in [-0.15, -0.1) is 11.3 Å². The summed E-state index contributed by atoms with van der Waals surface area (Å²) in [5.74, 6) is 0. The lowest BCUT2D eigenvalue weighted by Crippen LogP contribution is -2.42. The molecule has 4 aliphatic rings. The Bertz CT molecular complexity index is 1010. The number of rotatable bonds is 5. The zero-order valence-electron chi connectivity index (χ0n) is 16.2. The van der Waals surface area contributed by atoms with Crippen LogP contribution in [0.25, 0.3) is 20.8 Å². The van der Waals surface area contributed by atoms with Crippen molar-refractivity contribution in [1.82, 2.24) is 9.56 Å². The molecule has 2 fully saturated rings. The zero-order valence-corrected chi connectivity index (χ0v) is 17.0. The van der Waals surface area contributed by atoms with Crippen LogP contribution in [0.15, 0.2) is 30.3 Å². The predicted molar refractivity (Wildman–Crippen MR) is 116 cm³/mol. The van der Waals surface area contributed by atoms with E-state index in [1.54, 1.807) is 0 Å². The van der Waals surface area contributed by atoms with E-state index < -0.39 is 0 Å². The van der Waals surface area contributed by atoms with Crippen molar-refractivity contribution in [2.24, 2.45) is 0 Å². The summed E-state index contributed by atoms with van der Waals surface area (Å²) in [7, 11) is 0. The maximum absolute atomic E-state index is 5.03. The van der Waals surface area contributed by atoms with E-state index in [-0.39, 0.29) is 0 Å². The van der Waals surface area contributed by atoms with Gasteiger partial charge >= 0.3 is 0 Å². The number of aromatic nitrogens is 1. The summed E-state index contributed by atoms with van der Waals surface area (Å²) in [6.45, 7) is 7.07. The molecule has 1 aliphatic carbocycles. The molecule has 4 heteroatoms. The number of nitrogens with zero attached hydrogens (tertiary/aromatic N) is 3. The SMILES string of the molecule is CCCCCc1cc2nc3ccc(N4CCC4)cc3sc-2cc1=[N+]1CCC1. The molecule has 140 valence electrons. The van der Waals surface area contributed by atoms with Crippen molar-refractivity contribution in [1.29, 1.82) is 0 Å². The fourth-order valence-corrected chi connectivity index (χ4v) is 5.10. The molecule has 0 amide bonds. The number of aryl methyl sites for hydroxylation is 1. The van der Waals surface area contributed by atoms with Gasteiger partial charge in [-0.2, -0.15) is 0 Å². The molecule has 1 aromatic carbocycles. The van der Waals surface area contributed by atoms with Gasteiger partial charge in [0.25, 0.3) is 0 Å². The molecule has 0 spiro atoms. The van der Waals surface area contributed by atoms with E-state index >= 15 is 0 Å². The standard InChI is InChI=1S/C23H28N3S/c1-2-3-4-7-17-14-20-23(16-21(17)26-12-6-13-26)27-22-15-18(25-10-5-11-25)8-9-19(22)24-20/h8-9,14-16H,2-7,10-13H2,1H3/q+1. The Morgan fingerprint density at radius 3 is 2.67 bits per heavy atom. The lowest BCUT2D eigenvalue weighted by Gasteiger charge is -2.33. The van der Waals surface area contributed by atoms with Crippen molar-refractivity contribution < 1.29 is 0 Å². The molecule has 27 heavy (non-hydrogen) atoms. The van der Waals surface area contributed by atoms with Crippen LogP contribution in [0, 0.1) is 0 Å². The molecule has 3 aliphatic heterocycles. The molecule has 0 N–H and O–H groups in total. The second-order valence-electron chi connectivity index (χ2n) is 7.95. The highest BCUT2D eigenvalue weighted by Crippen LogP contribution is 2.33. The van der Waals surface area contributed by atoms with Gasteiger partial charge in [0.05, 0.1) is 27.2 Å². The molecule has 3 nitrogen and oxygen atoms in total. The van der Waals surface area contributed by atoms with E-state index in [1.807, 2.05) is 11.3 Å². The fourth-order valence-electron chi connectivity index (χ4n) is 4.08. The zero-order chi connectivity index (χ0) is 18.2. The number of benzene rings is 2. The molecule has 0 radical (unpaired) electrons. The topological polar surface area (TPSA) is 19.1 Å². The third kappa shape index (κ3) is 3.25. The summed E-state index contributed by atoms with van der Waals surface area (Å²) < 4.78 is 3.86. The maximum atomic E-state index is 5.03. The van der Waals surface area contributed by atoms with Crippen LogP contribution in [-0.2, 0) is 6.42 Å². The lowest BCUT2D eigenvalue weighted by molar-refractivity contribution is 0.430. The second-order valence-corrected chi connectivity index (χ2v) is 9.04. The molecule has 0 unspecified atom stereocenters. The highest BCUT2D eigenvalue weighted by Gasteiger charge is 2.21. The number of unbranched alkanes of at least 4 members (excludes halogenated alkanes) is 2. The van der Waals surface area contributed by atoms with E-state index in [0.29, 0.717) is 0 Å². The molecule has 0 bridgehead atoms. The molecular weight excluding hydrogens is 350 g/mol. The summed E-state index contributed by atoms with van der Waals surface area (Å²) in [6.07, 6.45) is 7.68. The third-order valence-electron chi connectivity index (χ3n) is 6.03. The van der Waals surface area contributed by atoms with Gasteiger partial charge in [-0.1, -0.05) is 19.8 Å². The number of hydrogen-bond acceptors (Lipinski definition) is 3. The Morgan fingerprint density at radius 2 is 1.96 bits per heavy atom. The summed E-state index contributed by atoms with van der Waals surface area (Å²) in [4.78, 5) is 8.81. The first kappa shape index (κ1) is 17.2. The van der Waals surface area contributed by atoms with Gasteiger partial charge in [-0.3, -0.25) is 0 Å². The van der Waals surface area contributed by atoms with Crippen molar-refractivity contribution in [2.45, 2.75) is 45.4 Å². The second kappa shape index (κ2) is 7.23. The first-order chi connectivity index (χ1) is 13.3. The molecule has 0 aromatic heterocycles. The van der Waals surface area contributed by atoms with Crippen LogP contribution in [0.1, 0.15) is 44.6 Å². The van der Waals surface area contributed by atoms with Gasteiger partial charge in [0, 0.05) is 30.4 Å². The van der Waals surface area contributed by atoms with E-state index in [1.165, 1.54) is 96.6 Å². The van der Waals surface area contributed by atoms with Crippen LogP contribution in [0.3, 0.4) is 0 Å². The van der Waals surface area contributed by atoms with Crippen LogP contribution in [0.4, 0.5) is 5.69 Å². The fraction of sp³-hybridized carbons (Fsp3) is 0.478. The minimum Gasteiger partial charge on any atom is -0.371 e. The molecule has 0 saturated carbocycles. The largest absolute Gasteiger partial charge is 0.371 e. The minimum absolute atomic E-state index is 1.13. The van der Waals surface area contributed by atoms with Gasteiger partial charge in [-0.25, -0.2) is 9.56 Å². The van der Waals surface area contributed by atoms with Gasteiger partial charge in [0.15, 0.2) is 0 Å². The highest BCUT2D eigenvalue weighted by atomic mass is 32.1. The van der Waals surface area contributed by atoms with Crippen LogP contribution in [-0.4, -0.2) is 31.2 Å². The van der Waals surface area contributed by atoms with Crippen molar-refractivity contribution in [3.05, 3.63) is 41.3 Å². The van der Waals surface area contributed by atoms with Gasteiger partial charge in [-0.05, 0) is 43.5 Å². The molecule has 0 atom stereocenters. The Kier molecular flexibility index (Phi) is 4.60. The Balaban J connectivity index is 1.62. The average Bonchev–Trinajstić information content (AvgIpc) is 2.58. The van der Waals surface area contributed by atoms with Crippen molar-refractivity contribution in [3.8, 4) is 10.6 Å². The minimum atomic E-state index is 1.13. The Hall–Kier alpha value is -1.94. The quantitative estimate of drug-likeness (QED) is 0.369. The average molecular weight is 379 g/mol. The van der Waals surface area contributed by atoms with Crippen molar-refractivity contribution >= 4 is 27.2 Å². The number of anilines is 1. The van der Waals surface area contributed by atoms with Crippen LogP contribution in [0.2, 0.25) is 0 Å². The number of fused-ring (bicyclic) bond motifs is 2. The molecule has 2 saturated heterocycles. The van der Waals surface area contributed by atoms with E-state index in [0.717, 1.165) is 5.52 Å². The van der Waals surface area contributed by atoms with E-state index in [4.69, 9.17) is 4.98 Å². The Morgan fingerprint density at radius 1 is 1.07 bits per heavy atom. The third-order valence-corrected chi connectivity index (χ3v) is 7.13. The van der Waals surface area contributed by atoms with Crippen LogP contribution in [0.5, 0.6) is 0 Å². The Labute approximate surface area is 165 Å². The van der Waals surface area contributed by atoms with Gasteiger partial charge in [0.1, 0.15) is 13.1 Å². The van der Waals surface area contributed by atoms with E-state index in [9.17, 15) is 0 Å². The normalized spacial score (nSPS) is 16.6. The van der Waals surface area contributed by atoms with E-state index in [2.05, 4.69) is 46.7 Å². The van der Waals surface area contributed by atoms with Crippen LogP contribution < -0.4 is 14.8 Å². The van der Waals surface area contributed by atoms with Crippen molar-refractivity contribution in [3.63, 3.8) is 0 Å². The van der Waals surface area contributed by atoms with Crippen molar-refractivity contribution in [2.75, 3.05) is 31.1 Å². The van der Waals surface area contributed by atoms with Gasteiger partial charge in [0.2, 0.25) is 5.36 Å².